The van der Waals surface area contributed by atoms with Crippen LogP contribution in [0.3, 0.4) is 0 Å². The van der Waals surface area contributed by atoms with Gasteiger partial charge in [0.05, 0.1) is 10.8 Å². The molecule has 0 aliphatic heterocycles. The molecule has 1 aromatic rings. The number of methoxy groups -OCH3 is 1. The zero-order valence-corrected chi connectivity index (χ0v) is 10.2. The number of benzene rings is 1. The standard InChI is InChI=1S/C8H8Br2O.CHN/c1-11-7-5-3-2-4-6(7)8(9)10;1-2/h2-5,8H,1H3;1H. The van der Waals surface area contributed by atoms with Gasteiger partial charge in [0.1, 0.15) is 5.75 Å². The van der Waals surface area contributed by atoms with Gasteiger partial charge in [0, 0.05) is 12.1 Å². The van der Waals surface area contributed by atoms with E-state index in [4.69, 9.17) is 10.00 Å². The Balaban J connectivity index is 0.000000671. The first-order valence-electron chi connectivity index (χ1n) is 3.42. The Kier molecular flexibility index (Phi) is 6.65. The van der Waals surface area contributed by atoms with Crippen molar-refractivity contribution in [3.05, 3.63) is 29.8 Å². The van der Waals surface area contributed by atoms with Gasteiger partial charge in [-0.05, 0) is 6.07 Å². The number of hydrogen-bond donors (Lipinski definition) is 0. The highest BCUT2D eigenvalue weighted by Gasteiger charge is 2.07. The van der Waals surface area contributed by atoms with E-state index in [1.807, 2.05) is 24.3 Å². The lowest BCUT2D eigenvalue weighted by molar-refractivity contribution is 0.411. The maximum atomic E-state index is 6.50. The third-order valence-electron chi connectivity index (χ3n) is 1.37. The van der Waals surface area contributed by atoms with Gasteiger partial charge < -0.3 is 4.74 Å². The van der Waals surface area contributed by atoms with Crippen LogP contribution in [0.5, 0.6) is 5.75 Å². The van der Waals surface area contributed by atoms with Crippen LogP contribution in [0.25, 0.3) is 0 Å². The first kappa shape index (κ1) is 12.5. The second-order valence-corrected chi connectivity index (χ2v) is 5.10. The molecule has 0 bridgehead atoms. The predicted molar refractivity (Wildman–Crippen MR) is 60.3 cm³/mol. The average Bonchev–Trinajstić information content (AvgIpc) is 2.20. The molecular weight excluding hydrogens is 298 g/mol. The molecule has 0 amide bonds. The van der Waals surface area contributed by atoms with Gasteiger partial charge in [0.25, 0.3) is 0 Å². The lowest BCUT2D eigenvalue weighted by Gasteiger charge is -2.07. The van der Waals surface area contributed by atoms with Gasteiger partial charge >= 0.3 is 0 Å². The van der Waals surface area contributed by atoms with Crippen molar-refractivity contribution >= 4 is 31.9 Å². The van der Waals surface area contributed by atoms with E-state index < -0.39 is 0 Å². The summed E-state index contributed by atoms with van der Waals surface area (Å²) in [5.41, 5.74) is 1.11. The maximum absolute atomic E-state index is 6.50. The fourth-order valence-electron chi connectivity index (χ4n) is 0.847. The minimum atomic E-state index is 0.158. The molecule has 4 heteroatoms. The number of ether oxygens (including phenoxy) is 1. The molecule has 0 radical (unpaired) electrons. The summed E-state index contributed by atoms with van der Waals surface area (Å²) in [5.74, 6) is 0.895. The average molecular weight is 307 g/mol. The molecule has 0 saturated heterocycles. The number of rotatable bonds is 2. The Labute approximate surface area is 94.8 Å². The lowest BCUT2D eigenvalue weighted by atomic mass is 10.2. The molecule has 0 atom stereocenters. The molecule has 0 N–H and O–H groups in total. The first-order chi connectivity index (χ1) is 6.25. The second kappa shape index (κ2) is 6.93. The number of nitriles is 1. The van der Waals surface area contributed by atoms with Gasteiger partial charge in [-0.1, -0.05) is 50.1 Å². The van der Waals surface area contributed by atoms with Gasteiger partial charge in [-0.2, -0.15) is 0 Å². The topological polar surface area (TPSA) is 33.0 Å². The summed E-state index contributed by atoms with van der Waals surface area (Å²) in [6.07, 6.45) is 0. The van der Waals surface area contributed by atoms with Gasteiger partial charge in [-0.3, -0.25) is 0 Å². The molecule has 2 nitrogen and oxygen atoms in total. The molecule has 0 spiro atoms. The molecule has 70 valence electrons. The summed E-state index contributed by atoms with van der Waals surface area (Å²) in [6, 6.07) is 7.87. The summed E-state index contributed by atoms with van der Waals surface area (Å²) >= 11 is 6.82. The molecular formula is C9H9Br2NO. The molecule has 0 unspecified atom stereocenters. The summed E-state index contributed by atoms with van der Waals surface area (Å²) in [5, 5.41) is 6.50. The van der Waals surface area contributed by atoms with E-state index in [-0.39, 0.29) is 3.74 Å². The number of alkyl halides is 2. The quantitative estimate of drug-likeness (QED) is 0.782. The summed E-state index contributed by atoms with van der Waals surface area (Å²) in [7, 11) is 1.67. The summed E-state index contributed by atoms with van der Waals surface area (Å²) in [6.45, 7) is 3.50. The molecule has 0 aliphatic carbocycles. The molecule has 0 heterocycles. The Morgan fingerprint density at radius 1 is 1.31 bits per heavy atom. The van der Waals surface area contributed by atoms with Crippen LogP contribution in [0.15, 0.2) is 24.3 Å². The monoisotopic (exact) mass is 305 g/mol. The highest BCUT2D eigenvalue weighted by molar-refractivity contribution is 9.24. The van der Waals surface area contributed by atoms with E-state index in [2.05, 4.69) is 38.4 Å². The molecule has 1 aromatic carbocycles. The Morgan fingerprint density at radius 2 is 1.85 bits per heavy atom. The predicted octanol–water partition coefficient (Wildman–Crippen LogP) is 3.62. The third kappa shape index (κ3) is 3.79. The largest absolute Gasteiger partial charge is 0.496 e. The van der Waals surface area contributed by atoms with E-state index >= 15 is 0 Å². The van der Waals surface area contributed by atoms with Crippen LogP contribution in [0.4, 0.5) is 0 Å². The zero-order chi connectivity index (χ0) is 10.3. The van der Waals surface area contributed by atoms with Gasteiger partial charge in [-0.15, -0.1) is 0 Å². The lowest BCUT2D eigenvalue weighted by Crippen LogP contribution is -1.89. The molecule has 13 heavy (non-hydrogen) atoms. The fourth-order valence-corrected chi connectivity index (χ4v) is 1.60. The minimum Gasteiger partial charge on any atom is -0.496 e. The Bertz CT molecular complexity index is 273. The van der Waals surface area contributed by atoms with Gasteiger partial charge in [-0.25, -0.2) is 5.26 Å². The van der Waals surface area contributed by atoms with E-state index in [0.717, 1.165) is 11.3 Å². The van der Waals surface area contributed by atoms with Gasteiger partial charge in [0.15, 0.2) is 0 Å². The van der Waals surface area contributed by atoms with Crippen LogP contribution in [-0.2, 0) is 0 Å². The smallest absolute Gasteiger partial charge is 0.124 e. The minimum absolute atomic E-state index is 0.158. The van der Waals surface area contributed by atoms with Crippen LogP contribution >= 0.6 is 31.9 Å². The third-order valence-corrected chi connectivity index (χ3v) is 2.36. The molecule has 0 aromatic heterocycles. The van der Waals surface area contributed by atoms with Crippen molar-refractivity contribution < 1.29 is 4.74 Å². The van der Waals surface area contributed by atoms with Crippen LogP contribution in [0.1, 0.15) is 9.30 Å². The number of hydrogen-bond acceptors (Lipinski definition) is 2. The van der Waals surface area contributed by atoms with Crippen LogP contribution < -0.4 is 4.74 Å². The van der Waals surface area contributed by atoms with Crippen molar-refractivity contribution in [1.29, 1.82) is 5.26 Å². The maximum Gasteiger partial charge on any atom is 0.124 e. The molecule has 1 rings (SSSR count). The molecule has 0 fully saturated rings. The molecule has 0 saturated carbocycles. The summed E-state index contributed by atoms with van der Waals surface area (Å²) in [4.78, 5) is 0. The highest BCUT2D eigenvalue weighted by Crippen LogP contribution is 2.35. The first-order valence-corrected chi connectivity index (χ1v) is 5.25. The number of halogens is 2. The Morgan fingerprint density at radius 3 is 2.23 bits per heavy atom. The van der Waals surface area contributed by atoms with Crippen molar-refractivity contribution in [2.75, 3.05) is 7.11 Å². The SMILES string of the molecule is C#N.COc1ccccc1C(Br)Br. The fraction of sp³-hybridized carbons (Fsp3) is 0.222. The van der Waals surface area contributed by atoms with Crippen LogP contribution in [-0.4, -0.2) is 7.11 Å². The molecule has 0 aliphatic rings. The van der Waals surface area contributed by atoms with Crippen LogP contribution in [0, 0.1) is 11.8 Å². The highest BCUT2D eigenvalue weighted by atomic mass is 79.9. The Hall–Kier alpha value is -0.530. The van der Waals surface area contributed by atoms with Crippen molar-refractivity contribution in [2.24, 2.45) is 0 Å². The summed E-state index contributed by atoms with van der Waals surface area (Å²) < 4.78 is 5.31. The normalized spacial score (nSPS) is 8.77. The van der Waals surface area contributed by atoms with Crippen LogP contribution in [0.2, 0.25) is 0 Å². The number of para-hydroxylation sites is 1. The second-order valence-electron chi connectivity index (χ2n) is 2.04. The zero-order valence-electron chi connectivity index (χ0n) is 7.08. The van der Waals surface area contributed by atoms with Crippen molar-refractivity contribution in [3.8, 4) is 12.3 Å². The van der Waals surface area contributed by atoms with Gasteiger partial charge in [0.2, 0.25) is 0 Å². The van der Waals surface area contributed by atoms with E-state index in [1.54, 1.807) is 7.11 Å². The van der Waals surface area contributed by atoms with E-state index in [0.29, 0.717) is 0 Å². The van der Waals surface area contributed by atoms with E-state index in [1.165, 1.54) is 0 Å². The van der Waals surface area contributed by atoms with Crippen molar-refractivity contribution in [2.45, 2.75) is 3.74 Å². The van der Waals surface area contributed by atoms with Crippen molar-refractivity contribution in [1.82, 2.24) is 0 Å². The van der Waals surface area contributed by atoms with E-state index in [9.17, 15) is 0 Å². The van der Waals surface area contributed by atoms with Crippen molar-refractivity contribution in [3.63, 3.8) is 0 Å². The number of nitrogens with zero attached hydrogens (tertiary/aromatic N) is 1.